The number of nitrogens with two attached hydrogens (primary N) is 1. The normalized spacial score (nSPS) is 22.7. The van der Waals surface area contributed by atoms with Crippen LogP contribution in [0.4, 0.5) is 0 Å². The number of carbonyl (C=O) groups excluding carboxylic acids is 1. The Kier molecular flexibility index (Phi) is 4.31. The second kappa shape index (κ2) is 5.77. The molecule has 2 rings (SSSR count). The molecule has 2 atom stereocenters. The van der Waals surface area contributed by atoms with Gasteiger partial charge < -0.3 is 16.0 Å². The molecule has 1 saturated heterocycles. The first kappa shape index (κ1) is 13.5. The minimum atomic E-state index is -0.114. The predicted molar refractivity (Wildman–Crippen MR) is 72.7 cm³/mol. The van der Waals surface area contributed by atoms with Gasteiger partial charge in [0, 0.05) is 18.0 Å². The Hall–Kier alpha value is -0.980. The van der Waals surface area contributed by atoms with E-state index < -0.39 is 0 Å². The molecule has 18 heavy (non-hydrogen) atoms. The molecule has 1 aromatic heterocycles. The molecule has 1 aromatic rings. The molecule has 3 N–H and O–H groups in total. The van der Waals surface area contributed by atoms with Crippen molar-refractivity contribution in [2.75, 3.05) is 20.1 Å². The molecule has 1 amide bonds. The van der Waals surface area contributed by atoms with Crippen molar-refractivity contribution in [3.05, 3.63) is 16.1 Å². The fraction of sp³-hybridized carbons (Fsp3) is 0.667. The first-order valence-electron chi connectivity index (χ1n) is 6.26. The number of amides is 1. The van der Waals surface area contributed by atoms with E-state index >= 15 is 0 Å². The average molecular weight is 268 g/mol. The standard InChI is InChI=1S/C12H20N4OS/c1-8(13)12-15-10(7-18-12)11(17)14-9-4-3-5-16(2)6-9/h7-9H,3-6,13H2,1-2H3,(H,14,17). The topological polar surface area (TPSA) is 71.2 Å². The van der Waals surface area contributed by atoms with Crippen molar-refractivity contribution >= 4 is 17.2 Å². The average Bonchev–Trinajstić information content (AvgIpc) is 2.78. The molecule has 0 radical (unpaired) electrons. The van der Waals surface area contributed by atoms with E-state index in [9.17, 15) is 4.79 Å². The van der Waals surface area contributed by atoms with E-state index in [4.69, 9.17) is 5.73 Å². The summed E-state index contributed by atoms with van der Waals surface area (Å²) in [6.07, 6.45) is 2.17. The molecule has 0 bridgehead atoms. The van der Waals surface area contributed by atoms with Crippen LogP contribution in [0.5, 0.6) is 0 Å². The number of aromatic nitrogens is 1. The highest BCUT2D eigenvalue weighted by molar-refractivity contribution is 7.09. The van der Waals surface area contributed by atoms with Gasteiger partial charge in [0.05, 0.1) is 6.04 Å². The number of nitrogens with zero attached hydrogens (tertiary/aromatic N) is 2. The monoisotopic (exact) mass is 268 g/mol. The lowest BCUT2D eigenvalue weighted by Crippen LogP contribution is -2.46. The molecule has 0 aliphatic carbocycles. The van der Waals surface area contributed by atoms with Gasteiger partial charge in [-0.2, -0.15) is 0 Å². The van der Waals surface area contributed by atoms with Gasteiger partial charge in [0.25, 0.3) is 5.91 Å². The van der Waals surface area contributed by atoms with E-state index in [1.807, 2.05) is 6.92 Å². The van der Waals surface area contributed by atoms with E-state index in [-0.39, 0.29) is 18.0 Å². The maximum atomic E-state index is 12.0. The highest BCUT2D eigenvalue weighted by atomic mass is 32.1. The zero-order valence-corrected chi connectivity index (χ0v) is 11.7. The zero-order valence-electron chi connectivity index (χ0n) is 10.8. The lowest BCUT2D eigenvalue weighted by atomic mass is 10.1. The van der Waals surface area contributed by atoms with Gasteiger partial charge in [-0.15, -0.1) is 11.3 Å². The van der Waals surface area contributed by atoms with Crippen molar-refractivity contribution in [1.29, 1.82) is 0 Å². The van der Waals surface area contributed by atoms with Gasteiger partial charge in [-0.3, -0.25) is 4.79 Å². The van der Waals surface area contributed by atoms with E-state index in [0.29, 0.717) is 5.69 Å². The molecule has 0 saturated carbocycles. The number of hydrogen-bond donors (Lipinski definition) is 2. The molecular formula is C12H20N4OS. The third kappa shape index (κ3) is 3.28. The van der Waals surface area contributed by atoms with Crippen LogP contribution in [0.2, 0.25) is 0 Å². The van der Waals surface area contributed by atoms with Crippen molar-refractivity contribution in [3.8, 4) is 0 Å². The van der Waals surface area contributed by atoms with E-state index in [2.05, 4.69) is 22.2 Å². The van der Waals surface area contributed by atoms with Crippen molar-refractivity contribution in [2.24, 2.45) is 5.73 Å². The highest BCUT2D eigenvalue weighted by Crippen LogP contribution is 2.16. The smallest absolute Gasteiger partial charge is 0.271 e. The molecule has 1 aliphatic heterocycles. The van der Waals surface area contributed by atoms with Crippen LogP contribution in [0.15, 0.2) is 5.38 Å². The highest BCUT2D eigenvalue weighted by Gasteiger charge is 2.21. The maximum absolute atomic E-state index is 12.0. The largest absolute Gasteiger partial charge is 0.347 e. The molecule has 100 valence electrons. The summed E-state index contributed by atoms with van der Waals surface area (Å²) in [5.74, 6) is -0.0848. The Morgan fingerprint density at radius 1 is 1.72 bits per heavy atom. The molecule has 2 heterocycles. The van der Waals surface area contributed by atoms with Crippen LogP contribution in [0.25, 0.3) is 0 Å². The summed E-state index contributed by atoms with van der Waals surface area (Å²) in [5.41, 5.74) is 6.23. The van der Waals surface area contributed by atoms with Crippen molar-refractivity contribution in [3.63, 3.8) is 0 Å². The Labute approximate surface area is 111 Å². The van der Waals surface area contributed by atoms with Crippen LogP contribution in [-0.2, 0) is 0 Å². The van der Waals surface area contributed by atoms with E-state index in [1.54, 1.807) is 5.38 Å². The number of likely N-dealkylation sites (tertiary alicyclic amines) is 1. The Morgan fingerprint density at radius 3 is 3.11 bits per heavy atom. The van der Waals surface area contributed by atoms with E-state index in [0.717, 1.165) is 30.9 Å². The van der Waals surface area contributed by atoms with Crippen molar-refractivity contribution in [1.82, 2.24) is 15.2 Å². The van der Waals surface area contributed by atoms with Crippen LogP contribution in [0.3, 0.4) is 0 Å². The number of piperidine rings is 1. The predicted octanol–water partition coefficient (Wildman–Crippen LogP) is 0.987. The van der Waals surface area contributed by atoms with Crippen LogP contribution in [0, 0.1) is 0 Å². The van der Waals surface area contributed by atoms with Gasteiger partial charge in [-0.25, -0.2) is 4.98 Å². The first-order valence-corrected chi connectivity index (χ1v) is 7.14. The van der Waals surface area contributed by atoms with Gasteiger partial charge in [-0.1, -0.05) is 0 Å². The summed E-state index contributed by atoms with van der Waals surface area (Å²) in [4.78, 5) is 18.5. The molecule has 1 aliphatic rings. The quantitative estimate of drug-likeness (QED) is 0.857. The molecule has 6 heteroatoms. The third-order valence-electron chi connectivity index (χ3n) is 3.10. The summed E-state index contributed by atoms with van der Waals surface area (Å²) < 4.78 is 0. The van der Waals surface area contributed by atoms with Gasteiger partial charge >= 0.3 is 0 Å². The SMILES string of the molecule is CC(N)c1nc(C(=O)NC2CCCN(C)C2)cs1. The summed E-state index contributed by atoms with van der Waals surface area (Å²) >= 11 is 1.44. The zero-order chi connectivity index (χ0) is 13.1. The number of likely N-dealkylation sites (N-methyl/N-ethyl adjacent to an activating group) is 1. The Balaban J connectivity index is 1.94. The van der Waals surface area contributed by atoms with Crippen LogP contribution in [-0.4, -0.2) is 42.0 Å². The molecule has 2 unspecified atom stereocenters. The minimum Gasteiger partial charge on any atom is -0.347 e. The molecule has 1 fully saturated rings. The molecule has 5 nitrogen and oxygen atoms in total. The molecular weight excluding hydrogens is 248 g/mol. The summed E-state index contributed by atoms with van der Waals surface area (Å²) in [6.45, 7) is 3.89. The molecule has 0 spiro atoms. The lowest BCUT2D eigenvalue weighted by molar-refractivity contribution is 0.0908. The Morgan fingerprint density at radius 2 is 2.50 bits per heavy atom. The summed E-state index contributed by atoms with van der Waals surface area (Å²) in [7, 11) is 2.08. The second-order valence-corrected chi connectivity index (χ2v) is 5.82. The van der Waals surface area contributed by atoms with Gasteiger partial charge in [0.1, 0.15) is 10.7 Å². The third-order valence-corrected chi connectivity index (χ3v) is 4.15. The number of carbonyl (C=O) groups is 1. The van der Waals surface area contributed by atoms with Gasteiger partial charge in [0.15, 0.2) is 0 Å². The number of nitrogens with one attached hydrogen (secondary N) is 1. The first-order chi connectivity index (χ1) is 8.56. The maximum Gasteiger partial charge on any atom is 0.271 e. The fourth-order valence-electron chi connectivity index (χ4n) is 2.14. The van der Waals surface area contributed by atoms with Crippen LogP contribution < -0.4 is 11.1 Å². The van der Waals surface area contributed by atoms with Crippen molar-refractivity contribution in [2.45, 2.75) is 31.8 Å². The van der Waals surface area contributed by atoms with Crippen molar-refractivity contribution < 1.29 is 4.79 Å². The van der Waals surface area contributed by atoms with Crippen LogP contribution >= 0.6 is 11.3 Å². The van der Waals surface area contributed by atoms with Crippen LogP contribution in [0.1, 0.15) is 41.3 Å². The Bertz CT molecular complexity index is 418. The summed E-state index contributed by atoms with van der Waals surface area (Å²) in [6, 6.07) is 0.120. The number of thiazole rings is 1. The molecule has 0 aromatic carbocycles. The van der Waals surface area contributed by atoms with E-state index in [1.165, 1.54) is 11.3 Å². The summed E-state index contributed by atoms with van der Waals surface area (Å²) in [5, 5.41) is 5.63. The number of rotatable bonds is 3. The lowest BCUT2D eigenvalue weighted by Gasteiger charge is -2.29. The second-order valence-electron chi connectivity index (χ2n) is 4.93. The number of hydrogen-bond acceptors (Lipinski definition) is 5. The van der Waals surface area contributed by atoms with Gasteiger partial charge in [-0.05, 0) is 33.4 Å². The minimum absolute atomic E-state index is 0.0848. The van der Waals surface area contributed by atoms with Gasteiger partial charge in [0.2, 0.25) is 0 Å². The fourth-order valence-corrected chi connectivity index (χ4v) is 2.90.